The number of carbonyl (C=O) groups excluding carboxylic acids is 1. The minimum absolute atomic E-state index is 0.0846. The Balaban J connectivity index is 2.01. The van der Waals surface area contributed by atoms with E-state index < -0.39 is 0 Å². The van der Waals surface area contributed by atoms with Crippen LogP contribution in [0.3, 0.4) is 0 Å². The maximum absolute atomic E-state index is 12.7. The fourth-order valence-corrected chi connectivity index (χ4v) is 2.74. The number of nitrogen functional groups attached to an aromatic ring is 1. The molecule has 0 atom stereocenters. The van der Waals surface area contributed by atoms with E-state index in [1.54, 1.807) is 29.2 Å². The number of benzene rings is 2. The quantitative estimate of drug-likeness (QED) is 0.815. The average Bonchev–Trinajstić information content (AvgIpc) is 2.54. The lowest BCUT2D eigenvalue weighted by molar-refractivity contribution is 0.0985. The van der Waals surface area contributed by atoms with Crippen molar-refractivity contribution in [3.63, 3.8) is 0 Å². The number of carbonyl (C=O) groups is 1. The first-order valence-electron chi connectivity index (χ1n) is 6.90. The first-order valence-corrected chi connectivity index (χ1v) is 6.90. The van der Waals surface area contributed by atoms with Gasteiger partial charge in [-0.2, -0.15) is 5.26 Å². The van der Waals surface area contributed by atoms with Crippen LogP contribution < -0.4 is 10.6 Å². The molecule has 0 saturated carbocycles. The van der Waals surface area contributed by atoms with Crippen LogP contribution in [0.4, 0.5) is 11.4 Å². The van der Waals surface area contributed by atoms with Crippen LogP contribution in [0.25, 0.3) is 0 Å². The summed E-state index contributed by atoms with van der Waals surface area (Å²) in [6.45, 7) is 0.673. The molecule has 0 radical (unpaired) electrons. The van der Waals surface area contributed by atoms with Gasteiger partial charge in [0.15, 0.2) is 0 Å². The lowest BCUT2D eigenvalue weighted by atomic mass is 9.99. The van der Waals surface area contributed by atoms with Crippen LogP contribution in [0.15, 0.2) is 42.5 Å². The van der Waals surface area contributed by atoms with Crippen LogP contribution in [-0.4, -0.2) is 12.5 Å². The molecule has 0 unspecified atom stereocenters. The maximum atomic E-state index is 12.7. The van der Waals surface area contributed by atoms with E-state index in [-0.39, 0.29) is 5.91 Å². The second-order valence-electron chi connectivity index (χ2n) is 5.10. The zero-order chi connectivity index (χ0) is 14.8. The second kappa shape index (κ2) is 5.29. The van der Waals surface area contributed by atoms with Gasteiger partial charge in [0.05, 0.1) is 11.6 Å². The van der Waals surface area contributed by atoms with Crippen molar-refractivity contribution < 1.29 is 4.79 Å². The fraction of sp³-hybridized carbons (Fsp3) is 0.176. The molecule has 1 aliphatic rings. The van der Waals surface area contributed by atoms with Gasteiger partial charge in [0, 0.05) is 23.5 Å². The monoisotopic (exact) mass is 277 g/mol. The van der Waals surface area contributed by atoms with Gasteiger partial charge in [0.25, 0.3) is 5.91 Å². The van der Waals surface area contributed by atoms with E-state index in [4.69, 9.17) is 11.0 Å². The Hall–Kier alpha value is -2.80. The van der Waals surface area contributed by atoms with E-state index in [2.05, 4.69) is 6.07 Å². The van der Waals surface area contributed by atoms with Gasteiger partial charge < -0.3 is 10.6 Å². The zero-order valence-electron chi connectivity index (χ0n) is 11.5. The van der Waals surface area contributed by atoms with E-state index >= 15 is 0 Å². The van der Waals surface area contributed by atoms with Crippen LogP contribution in [0.5, 0.6) is 0 Å². The van der Waals surface area contributed by atoms with Crippen molar-refractivity contribution >= 4 is 17.3 Å². The molecule has 2 N–H and O–H groups in total. The molecule has 4 nitrogen and oxygen atoms in total. The van der Waals surface area contributed by atoms with Gasteiger partial charge in [0.1, 0.15) is 0 Å². The molecule has 2 aromatic carbocycles. The van der Waals surface area contributed by atoms with Crippen LogP contribution in [0, 0.1) is 11.3 Å². The summed E-state index contributed by atoms with van der Waals surface area (Å²) in [7, 11) is 0. The molecular weight excluding hydrogens is 262 g/mol. The lowest BCUT2D eigenvalue weighted by Crippen LogP contribution is -2.35. The SMILES string of the molecule is N#Cc1cccc(C(=O)N2CCCc3c(N)cccc32)c1. The largest absolute Gasteiger partial charge is 0.398 e. The van der Waals surface area contributed by atoms with Crippen molar-refractivity contribution in [2.45, 2.75) is 12.8 Å². The van der Waals surface area contributed by atoms with Crippen LogP contribution in [0.1, 0.15) is 27.9 Å². The minimum atomic E-state index is -0.0846. The summed E-state index contributed by atoms with van der Waals surface area (Å²) in [6.07, 6.45) is 1.79. The second-order valence-corrected chi connectivity index (χ2v) is 5.10. The molecule has 0 fully saturated rings. The highest BCUT2D eigenvalue weighted by molar-refractivity contribution is 6.07. The van der Waals surface area contributed by atoms with Gasteiger partial charge in [0.2, 0.25) is 0 Å². The number of nitriles is 1. The maximum Gasteiger partial charge on any atom is 0.258 e. The van der Waals surface area contributed by atoms with Crippen molar-refractivity contribution in [2.24, 2.45) is 0 Å². The molecule has 1 heterocycles. The predicted molar refractivity (Wildman–Crippen MR) is 82.0 cm³/mol. The molecule has 0 aliphatic carbocycles. The van der Waals surface area contributed by atoms with Crippen molar-refractivity contribution in [2.75, 3.05) is 17.2 Å². The molecule has 104 valence electrons. The highest BCUT2D eigenvalue weighted by Crippen LogP contribution is 2.32. The highest BCUT2D eigenvalue weighted by Gasteiger charge is 2.24. The van der Waals surface area contributed by atoms with Gasteiger partial charge in [-0.1, -0.05) is 12.1 Å². The Labute approximate surface area is 123 Å². The Morgan fingerprint density at radius 2 is 2.05 bits per heavy atom. The Morgan fingerprint density at radius 1 is 1.24 bits per heavy atom. The van der Waals surface area contributed by atoms with Gasteiger partial charge >= 0.3 is 0 Å². The summed E-state index contributed by atoms with van der Waals surface area (Å²) in [4.78, 5) is 14.5. The highest BCUT2D eigenvalue weighted by atomic mass is 16.2. The predicted octanol–water partition coefficient (Wildman–Crippen LogP) is 2.73. The lowest BCUT2D eigenvalue weighted by Gasteiger charge is -2.30. The summed E-state index contributed by atoms with van der Waals surface area (Å²) in [5.41, 5.74) is 9.68. The van der Waals surface area contributed by atoms with Gasteiger partial charge in [-0.25, -0.2) is 0 Å². The van der Waals surface area contributed by atoms with E-state index in [1.165, 1.54) is 0 Å². The van der Waals surface area contributed by atoms with Crippen LogP contribution in [-0.2, 0) is 6.42 Å². The Morgan fingerprint density at radius 3 is 2.86 bits per heavy atom. The molecule has 2 aromatic rings. The first kappa shape index (κ1) is 13.2. The molecule has 21 heavy (non-hydrogen) atoms. The molecule has 1 aliphatic heterocycles. The third-order valence-electron chi connectivity index (χ3n) is 3.77. The van der Waals surface area contributed by atoms with Gasteiger partial charge in [-0.05, 0) is 48.7 Å². The number of hydrogen-bond donors (Lipinski definition) is 1. The fourth-order valence-electron chi connectivity index (χ4n) is 2.74. The number of nitrogens with two attached hydrogens (primary N) is 1. The van der Waals surface area contributed by atoms with E-state index in [9.17, 15) is 4.79 Å². The summed E-state index contributed by atoms with van der Waals surface area (Å²) in [6, 6.07) is 14.5. The Kier molecular flexibility index (Phi) is 3.33. The summed E-state index contributed by atoms with van der Waals surface area (Å²) < 4.78 is 0. The molecule has 0 saturated heterocycles. The van der Waals surface area contributed by atoms with Crippen LogP contribution >= 0.6 is 0 Å². The van der Waals surface area contributed by atoms with Gasteiger partial charge in [-0.3, -0.25) is 4.79 Å². The van der Waals surface area contributed by atoms with Crippen molar-refractivity contribution in [1.82, 2.24) is 0 Å². The number of nitrogens with zero attached hydrogens (tertiary/aromatic N) is 2. The molecule has 1 amide bonds. The molecule has 3 rings (SSSR count). The topological polar surface area (TPSA) is 70.1 Å². The number of rotatable bonds is 1. The zero-order valence-corrected chi connectivity index (χ0v) is 11.5. The van der Waals surface area contributed by atoms with Crippen LogP contribution in [0.2, 0.25) is 0 Å². The van der Waals surface area contributed by atoms with E-state index in [0.29, 0.717) is 17.7 Å². The summed E-state index contributed by atoms with van der Waals surface area (Å²) >= 11 is 0. The van der Waals surface area contributed by atoms with Crippen molar-refractivity contribution in [3.05, 3.63) is 59.2 Å². The van der Waals surface area contributed by atoms with E-state index in [0.717, 1.165) is 29.8 Å². The number of hydrogen-bond acceptors (Lipinski definition) is 3. The molecule has 0 bridgehead atoms. The third kappa shape index (κ3) is 2.34. The number of amides is 1. The normalized spacial score (nSPS) is 13.4. The number of fused-ring (bicyclic) bond motifs is 1. The Bertz CT molecular complexity index is 746. The smallest absolute Gasteiger partial charge is 0.258 e. The molecular formula is C17H15N3O. The summed E-state index contributed by atoms with van der Waals surface area (Å²) in [5.74, 6) is -0.0846. The minimum Gasteiger partial charge on any atom is -0.398 e. The summed E-state index contributed by atoms with van der Waals surface area (Å²) in [5, 5.41) is 8.96. The van der Waals surface area contributed by atoms with E-state index in [1.807, 2.05) is 18.2 Å². The average molecular weight is 277 g/mol. The van der Waals surface area contributed by atoms with Crippen molar-refractivity contribution in [3.8, 4) is 6.07 Å². The molecule has 4 heteroatoms. The molecule has 0 aromatic heterocycles. The standard InChI is InChI=1S/C17H15N3O/c18-11-12-4-1-5-13(10-12)17(21)20-9-3-6-14-15(19)7-2-8-16(14)20/h1-2,4-5,7-8,10H,3,6,9,19H2. The third-order valence-corrected chi connectivity index (χ3v) is 3.77. The van der Waals surface area contributed by atoms with Gasteiger partial charge in [-0.15, -0.1) is 0 Å². The number of anilines is 2. The van der Waals surface area contributed by atoms with Crippen molar-refractivity contribution in [1.29, 1.82) is 5.26 Å². The first-order chi connectivity index (χ1) is 10.2. The molecule has 0 spiro atoms.